The van der Waals surface area contributed by atoms with Gasteiger partial charge in [0.2, 0.25) is 0 Å². The third kappa shape index (κ3) is 7.90. The van der Waals surface area contributed by atoms with E-state index in [0.717, 1.165) is 17.8 Å². The van der Waals surface area contributed by atoms with E-state index in [1.807, 2.05) is 0 Å². The first-order valence-corrected chi connectivity index (χ1v) is 11.1. The highest BCUT2D eigenvalue weighted by atomic mass is 14.4. The van der Waals surface area contributed by atoms with Crippen molar-refractivity contribution < 1.29 is 0 Å². The summed E-state index contributed by atoms with van der Waals surface area (Å²) in [4.78, 5) is 0. The molecule has 3 unspecified atom stereocenters. The zero-order chi connectivity index (χ0) is 16.2. The van der Waals surface area contributed by atoms with Gasteiger partial charge in [-0.1, -0.05) is 109 Å². The molecule has 0 aromatic rings. The number of allylic oxidation sites excluding steroid dienone is 2. The molecule has 0 aromatic heterocycles. The predicted molar refractivity (Wildman–Crippen MR) is 104 cm³/mol. The zero-order valence-electron chi connectivity index (χ0n) is 15.9. The van der Waals surface area contributed by atoms with Crippen LogP contribution in [0.1, 0.15) is 116 Å². The Kier molecular flexibility index (Phi) is 10.1. The molecular weight excluding hydrogens is 276 g/mol. The van der Waals surface area contributed by atoms with E-state index in [0.29, 0.717) is 0 Å². The van der Waals surface area contributed by atoms with Gasteiger partial charge in [0.05, 0.1) is 0 Å². The molecule has 0 aliphatic heterocycles. The summed E-state index contributed by atoms with van der Waals surface area (Å²) in [5.41, 5.74) is 0. The largest absolute Gasteiger partial charge is 0.0851 e. The van der Waals surface area contributed by atoms with Gasteiger partial charge in [-0.25, -0.2) is 0 Å². The van der Waals surface area contributed by atoms with Gasteiger partial charge in [-0.05, 0) is 37.0 Å². The highest BCUT2D eigenvalue weighted by molar-refractivity contribution is 5.09. The molecule has 0 nitrogen and oxygen atoms in total. The van der Waals surface area contributed by atoms with Gasteiger partial charge >= 0.3 is 0 Å². The van der Waals surface area contributed by atoms with Crippen molar-refractivity contribution in [3.8, 4) is 0 Å². The molecule has 0 heteroatoms. The lowest BCUT2D eigenvalue weighted by molar-refractivity contribution is 0.393. The average molecular weight is 319 g/mol. The minimum atomic E-state index is 0.969. The maximum absolute atomic E-state index is 2.52. The molecular formula is C23H42. The summed E-state index contributed by atoms with van der Waals surface area (Å²) in [6.07, 6.45) is 30.2. The van der Waals surface area contributed by atoms with Crippen molar-refractivity contribution in [3.63, 3.8) is 0 Å². The summed E-state index contributed by atoms with van der Waals surface area (Å²) in [5, 5.41) is 0. The Bertz CT molecular complexity index is 303. The third-order valence-electron chi connectivity index (χ3n) is 6.34. The van der Waals surface area contributed by atoms with Crippen molar-refractivity contribution in [2.24, 2.45) is 17.8 Å². The number of rotatable bonds is 15. The van der Waals surface area contributed by atoms with Crippen molar-refractivity contribution in [3.05, 3.63) is 12.2 Å². The molecule has 0 heterocycles. The number of hydrogen-bond acceptors (Lipinski definition) is 0. The Morgan fingerprint density at radius 3 is 1.57 bits per heavy atom. The van der Waals surface area contributed by atoms with Gasteiger partial charge in [0.1, 0.15) is 0 Å². The normalized spacial score (nSPS) is 25.5. The average Bonchev–Trinajstić information content (AvgIpc) is 3.18. The first-order chi connectivity index (χ1) is 11.4. The van der Waals surface area contributed by atoms with E-state index >= 15 is 0 Å². The number of hydrogen-bond donors (Lipinski definition) is 0. The number of fused-ring (bicyclic) bond motifs is 2. The van der Waals surface area contributed by atoms with Crippen LogP contribution in [0.4, 0.5) is 0 Å². The maximum Gasteiger partial charge on any atom is -0.0199 e. The van der Waals surface area contributed by atoms with Crippen LogP contribution in [0.5, 0.6) is 0 Å². The van der Waals surface area contributed by atoms with Crippen molar-refractivity contribution >= 4 is 0 Å². The first kappa shape index (κ1) is 19.1. The Hall–Kier alpha value is -0.260. The topological polar surface area (TPSA) is 0 Å². The summed E-state index contributed by atoms with van der Waals surface area (Å²) in [6, 6.07) is 0. The molecule has 0 aromatic carbocycles. The maximum atomic E-state index is 2.52. The van der Waals surface area contributed by atoms with E-state index in [1.54, 1.807) is 0 Å². The van der Waals surface area contributed by atoms with Gasteiger partial charge in [0.25, 0.3) is 0 Å². The van der Waals surface area contributed by atoms with E-state index in [2.05, 4.69) is 19.1 Å². The molecule has 2 bridgehead atoms. The molecule has 2 rings (SSSR count). The summed E-state index contributed by atoms with van der Waals surface area (Å²) < 4.78 is 0. The van der Waals surface area contributed by atoms with E-state index in [4.69, 9.17) is 0 Å². The van der Waals surface area contributed by atoms with Crippen LogP contribution in [0.25, 0.3) is 0 Å². The Morgan fingerprint density at radius 1 is 0.609 bits per heavy atom. The summed E-state index contributed by atoms with van der Waals surface area (Å²) in [6.45, 7) is 2.30. The van der Waals surface area contributed by atoms with Gasteiger partial charge in [0.15, 0.2) is 0 Å². The second kappa shape index (κ2) is 12.2. The fourth-order valence-corrected chi connectivity index (χ4v) is 4.83. The minimum Gasteiger partial charge on any atom is -0.0851 e. The molecule has 1 fully saturated rings. The molecule has 0 amide bonds. The van der Waals surface area contributed by atoms with Gasteiger partial charge in [-0.2, -0.15) is 0 Å². The standard InChI is InChI=1S/C23H42/c1-2-3-4-5-6-7-8-9-10-11-12-13-14-15-16-22-19-21-17-18-23(22)20-21/h17-18,21-23H,2-16,19-20H2,1H3. The van der Waals surface area contributed by atoms with Crippen molar-refractivity contribution in [1.29, 1.82) is 0 Å². The van der Waals surface area contributed by atoms with Gasteiger partial charge in [-0.15, -0.1) is 0 Å². The molecule has 2 aliphatic carbocycles. The van der Waals surface area contributed by atoms with Gasteiger partial charge in [-0.3, -0.25) is 0 Å². The molecule has 23 heavy (non-hydrogen) atoms. The molecule has 1 saturated carbocycles. The lowest BCUT2D eigenvalue weighted by Gasteiger charge is -2.17. The molecule has 134 valence electrons. The van der Waals surface area contributed by atoms with Crippen LogP contribution < -0.4 is 0 Å². The van der Waals surface area contributed by atoms with Crippen molar-refractivity contribution in [1.82, 2.24) is 0 Å². The fourth-order valence-electron chi connectivity index (χ4n) is 4.83. The second-order valence-corrected chi connectivity index (χ2v) is 8.43. The summed E-state index contributed by atoms with van der Waals surface area (Å²) >= 11 is 0. The van der Waals surface area contributed by atoms with Crippen LogP contribution in [0.2, 0.25) is 0 Å². The predicted octanol–water partition coefficient (Wildman–Crippen LogP) is 8.07. The van der Waals surface area contributed by atoms with Gasteiger partial charge in [0, 0.05) is 0 Å². The van der Waals surface area contributed by atoms with E-state index < -0.39 is 0 Å². The Morgan fingerprint density at radius 2 is 1.13 bits per heavy atom. The monoisotopic (exact) mass is 318 g/mol. The van der Waals surface area contributed by atoms with Crippen LogP contribution in [0.15, 0.2) is 12.2 Å². The van der Waals surface area contributed by atoms with Crippen LogP contribution in [0, 0.1) is 17.8 Å². The van der Waals surface area contributed by atoms with Gasteiger partial charge < -0.3 is 0 Å². The smallest absolute Gasteiger partial charge is 0.0199 e. The van der Waals surface area contributed by atoms with Crippen molar-refractivity contribution in [2.45, 2.75) is 116 Å². The van der Waals surface area contributed by atoms with E-state index in [1.165, 1.54) is 109 Å². The quantitative estimate of drug-likeness (QED) is 0.211. The molecule has 3 atom stereocenters. The van der Waals surface area contributed by atoms with Crippen LogP contribution in [-0.2, 0) is 0 Å². The minimum absolute atomic E-state index is 0.969. The lowest BCUT2D eigenvalue weighted by Crippen LogP contribution is -2.06. The molecule has 0 N–H and O–H groups in total. The van der Waals surface area contributed by atoms with Crippen LogP contribution in [-0.4, -0.2) is 0 Å². The molecule has 0 radical (unpaired) electrons. The SMILES string of the molecule is CCCCCCCCCCCCCCCCC1CC2C=CC1C2. The van der Waals surface area contributed by atoms with Crippen LogP contribution in [0.3, 0.4) is 0 Å². The highest BCUT2D eigenvalue weighted by Crippen LogP contribution is 2.45. The second-order valence-electron chi connectivity index (χ2n) is 8.43. The third-order valence-corrected chi connectivity index (χ3v) is 6.34. The van der Waals surface area contributed by atoms with E-state index in [9.17, 15) is 0 Å². The zero-order valence-corrected chi connectivity index (χ0v) is 15.9. The van der Waals surface area contributed by atoms with E-state index in [-0.39, 0.29) is 0 Å². The first-order valence-electron chi connectivity index (χ1n) is 11.1. The van der Waals surface area contributed by atoms with Crippen molar-refractivity contribution in [2.75, 3.05) is 0 Å². The highest BCUT2D eigenvalue weighted by Gasteiger charge is 2.34. The lowest BCUT2D eigenvalue weighted by atomic mass is 9.88. The Labute approximate surface area is 146 Å². The fraction of sp³-hybridized carbons (Fsp3) is 0.913. The molecule has 0 spiro atoms. The van der Waals surface area contributed by atoms with Crippen LogP contribution >= 0.6 is 0 Å². The molecule has 2 aliphatic rings. The molecule has 0 saturated heterocycles. The Balaban J connectivity index is 1.26. The number of unbranched alkanes of at least 4 members (excludes halogenated alkanes) is 13. The summed E-state index contributed by atoms with van der Waals surface area (Å²) in [7, 11) is 0. The summed E-state index contributed by atoms with van der Waals surface area (Å²) in [5.74, 6) is 3.00.